The standard InChI is InChI=1S/C18H13F2N3O.C6H12.C2H6/c1-11-4-2-6-13(19)16(11)15-8-7-14(20)17(23-15)18(24)22-12-5-3-9-21-10-12;1-2-4-6-5-3-1;1-2/h2-10H,1H3,(H,22,24);1-6H2;1-2H3. The lowest BCUT2D eigenvalue weighted by Gasteiger charge is -2.10. The quantitative estimate of drug-likeness (QED) is 0.464. The molecule has 1 aromatic carbocycles. The van der Waals surface area contributed by atoms with E-state index >= 15 is 0 Å². The number of amides is 1. The second-order valence-corrected chi connectivity index (χ2v) is 7.28. The Hall–Kier alpha value is -3.15. The summed E-state index contributed by atoms with van der Waals surface area (Å²) in [4.78, 5) is 20.1. The number of benzene rings is 1. The molecule has 0 bridgehead atoms. The van der Waals surface area contributed by atoms with E-state index in [4.69, 9.17) is 0 Å². The number of carbonyl (C=O) groups excluding carboxylic acids is 1. The van der Waals surface area contributed by atoms with E-state index in [0.717, 1.165) is 6.07 Å². The Bertz CT molecular complexity index is 958. The van der Waals surface area contributed by atoms with Crippen molar-refractivity contribution in [2.24, 2.45) is 0 Å². The van der Waals surface area contributed by atoms with Crippen LogP contribution in [-0.4, -0.2) is 15.9 Å². The molecule has 4 nitrogen and oxygen atoms in total. The van der Waals surface area contributed by atoms with Crippen molar-refractivity contribution in [1.82, 2.24) is 9.97 Å². The topological polar surface area (TPSA) is 54.9 Å². The fourth-order valence-electron chi connectivity index (χ4n) is 3.38. The molecule has 1 saturated carbocycles. The van der Waals surface area contributed by atoms with Gasteiger partial charge in [-0.05, 0) is 42.8 Å². The predicted octanol–water partition coefficient (Wildman–Crippen LogP) is 7.35. The Labute approximate surface area is 189 Å². The smallest absolute Gasteiger partial charge is 0.277 e. The maximum Gasteiger partial charge on any atom is 0.277 e. The molecule has 0 unspecified atom stereocenters. The van der Waals surface area contributed by atoms with Crippen molar-refractivity contribution in [3.05, 3.63) is 77.8 Å². The van der Waals surface area contributed by atoms with Crippen molar-refractivity contribution in [3.8, 4) is 11.3 Å². The van der Waals surface area contributed by atoms with Crippen molar-refractivity contribution in [2.75, 3.05) is 5.32 Å². The maximum absolute atomic E-state index is 14.1. The molecule has 1 fully saturated rings. The molecule has 1 N–H and O–H groups in total. The van der Waals surface area contributed by atoms with Gasteiger partial charge in [0.25, 0.3) is 5.91 Å². The highest BCUT2D eigenvalue weighted by atomic mass is 19.1. The maximum atomic E-state index is 14.1. The molecule has 32 heavy (non-hydrogen) atoms. The zero-order valence-electron chi connectivity index (χ0n) is 19.0. The molecule has 4 rings (SSSR count). The Morgan fingerprint density at radius 3 is 2.09 bits per heavy atom. The van der Waals surface area contributed by atoms with E-state index in [2.05, 4.69) is 15.3 Å². The monoisotopic (exact) mass is 439 g/mol. The Morgan fingerprint density at radius 2 is 1.53 bits per heavy atom. The van der Waals surface area contributed by atoms with Gasteiger partial charge in [-0.1, -0.05) is 64.5 Å². The van der Waals surface area contributed by atoms with E-state index in [9.17, 15) is 13.6 Å². The summed E-state index contributed by atoms with van der Waals surface area (Å²) >= 11 is 0. The molecule has 2 aromatic heterocycles. The van der Waals surface area contributed by atoms with Crippen LogP contribution in [0.15, 0.2) is 54.9 Å². The summed E-state index contributed by atoms with van der Waals surface area (Å²) in [7, 11) is 0. The largest absolute Gasteiger partial charge is 0.319 e. The van der Waals surface area contributed by atoms with Gasteiger partial charge in [-0.25, -0.2) is 13.8 Å². The summed E-state index contributed by atoms with van der Waals surface area (Å²) < 4.78 is 28.1. The molecule has 0 saturated heterocycles. The van der Waals surface area contributed by atoms with Gasteiger partial charge in [0.05, 0.1) is 17.6 Å². The molecular weight excluding hydrogens is 408 g/mol. The number of hydrogen-bond acceptors (Lipinski definition) is 3. The average molecular weight is 440 g/mol. The van der Waals surface area contributed by atoms with Crippen LogP contribution >= 0.6 is 0 Å². The molecule has 6 heteroatoms. The Morgan fingerprint density at radius 1 is 0.875 bits per heavy atom. The molecular formula is C26H31F2N3O. The van der Waals surface area contributed by atoms with Gasteiger partial charge < -0.3 is 5.32 Å². The van der Waals surface area contributed by atoms with Crippen molar-refractivity contribution >= 4 is 11.6 Å². The van der Waals surface area contributed by atoms with Crippen LogP contribution < -0.4 is 5.32 Å². The summed E-state index contributed by atoms with van der Waals surface area (Å²) in [5.74, 6) is -1.99. The van der Waals surface area contributed by atoms with Crippen LogP contribution in [0.3, 0.4) is 0 Å². The SMILES string of the molecule is C1CCCCC1.CC.Cc1cccc(F)c1-c1ccc(F)c(C(=O)Nc2cccnc2)n1. The van der Waals surface area contributed by atoms with E-state index in [1.807, 2.05) is 13.8 Å². The number of aryl methyl sites for hydroxylation is 1. The van der Waals surface area contributed by atoms with Gasteiger partial charge in [0.15, 0.2) is 11.5 Å². The lowest BCUT2D eigenvalue weighted by atomic mass is 10.0. The van der Waals surface area contributed by atoms with Gasteiger partial charge in [-0.3, -0.25) is 9.78 Å². The number of aromatic nitrogens is 2. The van der Waals surface area contributed by atoms with Crippen LogP contribution in [-0.2, 0) is 0 Å². The first-order valence-electron chi connectivity index (χ1n) is 11.2. The van der Waals surface area contributed by atoms with Crippen LogP contribution in [0.4, 0.5) is 14.5 Å². The van der Waals surface area contributed by atoms with Crippen LogP contribution in [0, 0.1) is 18.6 Å². The molecule has 3 aromatic rings. The lowest BCUT2D eigenvalue weighted by Crippen LogP contribution is -2.16. The second kappa shape index (κ2) is 13.3. The van der Waals surface area contributed by atoms with E-state index < -0.39 is 23.2 Å². The zero-order valence-corrected chi connectivity index (χ0v) is 19.0. The summed E-state index contributed by atoms with van der Waals surface area (Å²) in [5, 5.41) is 2.51. The van der Waals surface area contributed by atoms with Gasteiger partial charge in [0.1, 0.15) is 5.82 Å². The molecule has 0 spiro atoms. The molecule has 0 radical (unpaired) electrons. The first-order chi connectivity index (χ1) is 15.6. The highest BCUT2D eigenvalue weighted by Crippen LogP contribution is 2.26. The van der Waals surface area contributed by atoms with Gasteiger partial charge in [-0.15, -0.1) is 0 Å². The van der Waals surface area contributed by atoms with Gasteiger partial charge in [0.2, 0.25) is 0 Å². The molecule has 1 amide bonds. The van der Waals surface area contributed by atoms with Crippen LogP contribution in [0.5, 0.6) is 0 Å². The number of pyridine rings is 2. The van der Waals surface area contributed by atoms with E-state index in [0.29, 0.717) is 11.3 Å². The minimum absolute atomic E-state index is 0.198. The minimum Gasteiger partial charge on any atom is -0.319 e. The van der Waals surface area contributed by atoms with Crippen molar-refractivity contribution < 1.29 is 13.6 Å². The number of anilines is 1. The van der Waals surface area contributed by atoms with E-state index in [1.165, 1.54) is 56.9 Å². The number of rotatable bonds is 3. The van der Waals surface area contributed by atoms with Crippen LogP contribution in [0.1, 0.15) is 68.4 Å². The van der Waals surface area contributed by atoms with Crippen molar-refractivity contribution in [2.45, 2.75) is 59.3 Å². The van der Waals surface area contributed by atoms with Crippen LogP contribution in [0.2, 0.25) is 0 Å². The van der Waals surface area contributed by atoms with Crippen molar-refractivity contribution in [1.29, 1.82) is 0 Å². The Kier molecular flexibility index (Phi) is 10.4. The highest BCUT2D eigenvalue weighted by molar-refractivity contribution is 6.03. The zero-order chi connectivity index (χ0) is 23.3. The molecule has 1 aliphatic rings. The molecule has 170 valence electrons. The average Bonchev–Trinajstić information content (AvgIpc) is 2.83. The minimum atomic E-state index is -0.783. The summed E-state index contributed by atoms with van der Waals surface area (Å²) in [6.07, 6.45) is 12.0. The second-order valence-electron chi connectivity index (χ2n) is 7.28. The number of halogens is 2. The normalized spacial score (nSPS) is 12.5. The third-order valence-corrected chi connectivity index (χ3v) is 4.96. The lowest BCUT2D eigenvalue weighted by molar-refractivity contribution is 0.101. The van der Waals surface area contributed by atoms with Gasteiger partial charge in [0, 0.05) is 11.8 Å². The van der Waals surface area contributed by atoms with Gasteiger partial charge >= 0.3 is 0 Å². The predicted molar refractivity (Wildman–Crippen MR) is 126 cm³/mol. The fourth-order valence-corrected chi connectivity index (χ4v) is 3.38. The summed E-state index contributed by atoms with van der Waals surface area (Å²) in [6, 6.07) is 10.3. The molecule has 2 heterocycles. The number of nitrogens with zero attached hydrogens (tertiary/aromatic N) is 2. The third-order valence-electron chi connectivity index (χ3n) is 4.96. The first-order valence-corrected chi connectivity index (χ1v) is 11.2. The molecule has 1 aliphatic carbocycles. The van der Waals surface area contributed by atoms with Gasteiger partial charge in [-0.2, -0.15) is 0 Å². The molecule has 0 aliphatic heterocycles. The molecule has 0 atom stereocenters. The number of carbonyl (C=O) groups is 1. The third kappa shape index (κ3) is 7.22. The Balaban J connectivity index is 0.000000387. The van der Waals surface area contributed by atoms with Crippen LogP contribution in [0.25, 0.3) is 11.3 Å². The first kappa shape index (κ1) is 25.1. The number of nitrogens with one attached hydrogen (secondary N) is 1. The van der Waals surface area contributed by atoms with E-state index in [-0.39, 0.29) is 11.3 Å². The highest BCUT2D eigenvalue weighted by Gasteiger charge is 2.17. The number of hydrogen-bond donors (Lipinski definition) is 1. The van der Waals surface area contributed by atoms with Crippen molar-refractivity contribution in [3.63, 3.8) is 0 Å². The fraction of sp³-hybridized carbons (Fsp3) is 0.346. The summed E-state index contributed by atoms with van der Waals surface area (Å²) in [6.45, 7) is 5.72. The summed E-state index contributed by atoms with van der Waals surface area (Å²) in [5.41, 5.74) is 1.10. The van der Waals surface area contributed by atoms with E-state index in [1.54, 1.807) is 37.4 Å².